The Hall–Kier alpha value is -2.67. The van der Waals surface area contributed by atoms with Gasteiger partial charge in [0.05, 0.1) is 29.9 Å². The Labute approximate surface area is 174 Å². The van der Waals surface area contributed by atoms with E-state index in [2.05, 4.69) is 9.97 Å². The van der Waals surface area contributed by atoms with Gasteiger partial charge in [-0.25, -0.2) is 9.97 Å². The fourth-order valence-electron chi connectivity index (χ4n) is 3.85. The Morgan fingerprint density at radius 2 is 1.90 bits per heavy atom. The molecule has 0 aliphatic carbocycles. The smallest absolute Gasteiger partial charge is 0.316 e. The zero-order chi connectivity index (χ0) is 20.4. The summed E-state index contributed by atoms with van der Waals surface area (Å²) in [6, 6.07) is 8.07. The Kier molecular flexibility index (Phi) is 5.67. The minimum atomic E-state index is -0.325. The van der Waals surface area contributed by atoms with E-state index in [0.29, 0.717) is 24.7 Å². The van der Waals surface area contributed by atoms with E-state index in [-0.39, 0.29) is 36.3 Å². The molecule has 0 N–H and O–H groups in total. The summed E-state index contributed by atoms with van der Waals surface area (Å²) in [5.41, 5.74) is 1.98. The Balaban J connectivity index is 1.38. The number of carbonyl (C=O) groups is 2. The molecule has 0 saturated carbocycles. The number of nitrogens with zero attached hydrogens (tertiary/aromatic N) is 4. The standard InChI is InChI=1S/C21H23ClN4O3/c1-14-4-6-17(7-5-14)26-12-15(9-19(26)27)20(28)25-8-2-3-18(13-25)29-21-23-10-16(22)11-24-21/h4-7,10-11,15,18H,2-3,8-9,12-13H2,1H3. The predicted molar refractivity (Wildman–Crippen MR) is 109 cm³/mol. The number of hydrogen-bond donors (Lipinski definition) is 0. The molecule has 0 bridgehead atoms. The summed E-state index contributed by atoms with van der Waals surface area (Å²) in [5.74, 6) is -0.320. The first-order valence-electron chi connectivity index (χ1n) is 9.79. The van der Waals surface area contributed by atoms with Crippen LogP contribution >= 0.6 is 11.6 Å². The van der Waals surface area contributed by atoms with Crippen LogP contribution in [0, 0.1) is 12.8 Å². The molecule has 0 spiro atoms. The van der Waals surface area contributed by atoms with Crippen LogP contribution in [0.3, 0.4) is 0 Å². The van der Waals surface area contributed by atoms with Crippen molar-refractivity contribution in [3.05, 3.63) is 47.2 Å². The average molecular weight is 415 g/mol. The van der Waals surface area contributed by atoms with Gasteiger partial charge in [-0.05, 0) is 31.9 Å². The van der Waals surface area contributed by atoms with Crippen molar-refractivity contribution in [1.82, 2.24) is 14.9 Å². The lowest BCUT2D eigenvalue weighted by atomic mass is 10.0. The average Bonchev–Trinajstić information content (AvgIpc) is 3.11. The van der Waals surface area contributed by atoms with E-state index in [1.807, 2.05) is 31.2 Å². The molecule has 2 atom stereocenters. The maximum Gasteiger partial charge on any atom is 0.316 e. The number of aromatic nitrogens is 2. The van der Waals surface area contributed by atoms with E-state index in [0.717, 1.165) is 24.1 Å². The van der Waals surface area contributed by atoms with Crippen LogP contribution in [-0.4, -0.2) is 52.4 Å². The van der Waals surface area contributed by atoms with Gasteiger partial charge in [-0.15, -0.1) is 0 Å². The van der Waals surface area contributed by atoms with E-state index >= 15 is 0 Å². The molecule has 8 heteroatoms. The van der Waals surface area contributed by atoms with Gasteiger partial charge in [-0.1, -0.05) is 29.3 Å². The lowest BCUT2D eigenvalue weighted by Gasteiger charge is -2.33. The number of halogens is 1. The summed E-state index contributed by atoms with van der Waals surface area (Å²) in [6.07, 6.45) is 4.72. The number of anilines is 1. The van der Waals surface area contributed by atoms with Gasteiger partial charge in [-0.2, -0.15) is 0 Å². The largest absolute Gasteiger partial charge is 0.458 e. The number of amides is 2. The Morgan fingerprint density at radius 3 is 2.62 bits per heavy atom. The monoisotopic (exact) mass is 414 g/mol. The highest BCUT2D eigenvalue weighted by atomic mass is 35.5. The topological polar surface area (TPSA) is 75.6 Å². The van der Waals surface area contributed by atoms with Crippen LogP contribution < -0.4 is 9.64 Å². The molecule has 3 heterocycles. The van der Waals surface area contributed by atoms with Crippen molar-refractivity contribution in [1.29, 1.82) is 0 Å². The lowest BCUT2D eigenvalue weighted by Crippen LogP contribution is -2.47. The van der Waals surface area contributed by atoms with Crippen molar-refractivity contribution in [2.75, 3.05) is 24.5 Å². The summed E-state index contributed by atoms with van der Waals surface area (Å²) >= 11 is 5.80. The lowest BCUT2D eigenvalue weighted by molar-refractivity contribution is -0.138. The van der Waals surface area contributed by atoms with Gasteiger partial charge in [0, 0.05) is 25.2 Å². The molecule has 7 nitrogen and oxygen atoms in total. The van der Waals surface area contributed by atoms with Gasteiger partial charge in [0.25, 0.3) is 0 Å². The molecule has 2 unspecified atom stereocenters. The summed E-state index contributed by atoms with van der Waals surface area (Å²) in [5, 5.41) is 0.446. The van der Waals surface area contributed by atoms with E-state index in [4.69, 9.17) is 16.3 Å². The Morgan fingerprint density at radius 1 is 1.17 bits per heavy atom. The first-order chi connectivity index (χ1) is 14.0. The SMILES string of the molecule is Cc1ccc(N2CC(C(=O)N3CCCC(Oc4ncc(Cl)cn4)C3)CC2=O)cc1. The third-order valence-corrected chi connectivity index (χ3v) is 5.57. The van der Waals surface area contributed by atoms with Crippen LogP contribution in [0.5, 0.6) is 6.01 Å². The second-order valence-corrected chi connectivity index (χ2v) is 8.03. The minimum absolute atomic E-state index is 0.00780. The number of aryl methyl sites for hydroxylation is 1. The van der Waals surface area contributed by atoms with Crippen LogP contribution in [0.25, 0.3) is 0 Å². The molecule has 2 amide bonds. The van der Waals surface area contributed by atoms with E-state index in [1.54, 1.807) is 9.80 Å². The first kappa shape index (κ1) is 19.6. The normalized spacial score (nSPS) is 22.1. The van der Waals surface area contributed by atoms with Gasteiger partial charge in [0.1, 0.15) is 6.10 Å². The summed E-state index contributed by atoms with van der Waals surface area (Å²) < 4.78 is 5.82. The molecule has 2 fully saturated rings. The van der Waals surface area contributed by atoms with Crippen LogP contribution in [0.15, 0.2) is 36.7 Å². The van der Waals surface area contributed by atoms with Crippen LogP contribution in [0.2, 0.25) is 5.02 Å². The molecule has 1 aromatic carbocycles. The highest BCUT2D eigenvalue weighted by molar-refractivity contribution is 6.30. The minimum Gasteiger partial charge on any atom is -0.458 e. The van der Waals surface area contributed by atoms with Crippen molar-refractivity contribution >= 4 is 29.1 Å². The van der Waals surface area contributed by atoms with Crippen LogP contribution in [-0.2, 0) is 9.59 Å². The van der Waals surface area contributed by atoms with Gasteiger partial charge < -0.3 is 14.5 Å². The maximum absolute atomic E-state index is 13.1. The fraction of sp³-hybridized carbons (Fsp3) is 0.429. The van der Waals surface area contributed by atoms with Crippen molar-refractivity contribution in [2.24, 2.45) is 5.92 Å². The predicted octanol–water partition coefficient (Wildman–Crippen LogP) is 2.86. The number of ether oxygens (including phenoxy) is 1. The number of carbonyl (C=O) groups excluding carboxylic acids is 2. The van der Waals surface area contributed by atoms with E-state index < -0.39 is 0 Å². The van der Waals surface area contributed by atoms with Crippen molar-refractivity contribution in [3.8, 4) is 6.01 Å². The summed E-state index contributed by atoms with van der Waals surface area (Å²) in [4.78, 5) is 37.2. The van der Waals surface area contributed by atoms with E-state index in [1.165, 1.54) is 12.4 Å². The highest BCUT2D eigenvalue weighted by Gasteiger charge is 2.38. The number of rotatable bonds is 4. The zero-order valence-electron chi connectivity index (χ0n) is 16.3. The van der Waals surface area contributed by atoms with Crippen molar-refractivity contribution in [3.63, 3.8) is 0 Å². The zero-order valence-corrected chi connectivity index (χ0v) is 17.0. The van der Waals surface area contributed by atoms with Crippen molar-refractivity contribution < 1.29 is 14.3 Å². The second kappa shape index (κ2) is 8.37. The molecule has 2 aliphatic rings. The molecule has 152 valence electrons. The molecular formula is C21H23ClN4O3. The second-order valence-electron chi connectivity index (χ2n) is 7.59. The van der Waals surface area contributed by atoms with Gasteiger partial charge in [0.15, 0.2) is 0 Å². The Bertz CT molecular complexity index is 888. The molecule has 29 heavy (non-hydrogen) atoms. The molecule has 2 aromatic rings. The molecule has 0 radical (unpaired) electrons. The number of likely N-dealkylation sites (tertiary alicyclic amines) is 1. The third kappa shape index (κ3) is 4.50. The van der Waals surface area contributed by atoms with Crippen LogP contribution in [0.1, 0.15) is 24.8 Å². The molecular weight excluding hydrogens is 392 g/mol. The number of hydrogen-bond acceptors (Lipinski definition) is 5. The maximum atomic E-state index is 13.1. The molecule has 2 saturated heterocycles. The third-order valence-electron chi connectivity index (χ3n) is 5.38. The molecule has 4 rings (SSSR count). The summed E-state index contributed by atoms with van der Waals surface area (Å²) in [7, 11) is 0. The molecule has 2 aliphatic heterocycles. The molecule has 1 aromatic heterocycles. The van der Waals surface area contributed by atoms with Crippen molar-refractivity contribution in [2.45, 2.75) is 32.3 Å². The number of benzene rings is 1. The number of piperidine rings is 1. The quantitative estimate of drug-likeness (QED) is 0.768. The summed E-state index contributed by atoms with van der Waals surface area (Å²) in [6.45, 7) is 3.57. The highest BCUT2D eigenvalue weighted by Crippen LogP contribution is 2.28. The van der Waals surface area contributed by atoms with Gasteiger partial charge >= 0.3 is 6.01 Å². The first-order valence-corrected chi connectivity index (χ1v) is 10.2. The van der Waals surface area contributed by atoms with Gasteiger partial charge in [0.2, 0.25) is 11.8 Å². The fourth-order valence-corrected chi connectivity index (χ4v) is 3.95. The van der Waals surface area contributed by atoms with Gasteiger partial charge in [-0.3, -0.25) is 9.59 Å². The van der Waals surface area contributed by atoms with Crippen LogP contribution in [0.4, 0.5) is 5.69 Å². The van der Waals surface area contributed by atoms with E-state index in [9.17, 15) is 9.59 Å².